The Morgan fingerprint density at radius 1 is 1.25 bits per heavy atom. The topological polar surface area (TPSA) is 122 Å². The Bertz CT molecular complexity index is 995. The highest BCUT2D eigenvalue weighted by Gasteiger charge is 2.49. The number of nitrogens with one attached hydrogen (secondary N) is 2. The molecule has 2 aromatic carbocycles. The molecule has 9 nitrogen and oxygen atoms in total. The molecular formula is C18H15ClN4O5. The summed E-state index contributed by atoms with van der Waals surface area (Å²) in [4.78, 5) is 48.5. The van der Waals surface area contributed by atoms with Crippen molar-refractivity contribution in [2.45, 2.75) is 12.5 Å². The highest BCUT2D eigenvalue weighted by atomic mass is 35.5. The normalized spacial score (nSPS) is 18.7. The number of amides is 4. The third-order valence-corrected chi connectivity index (χ3v) is 4.55. The molecule has 4 amide bonds. The number of anilines is 1. The summed E-state index contributed by atoms with van der Waals surface area (Å²) in [6.45, 7) is 0.920. The molecule has 1 aliphatic heterocycles. The van der Waals surface area contributed by atoms with Crippen LogP contribution in [-0.4, -0.2) is 34.2 Å². The lowest BCUT2D eigenvalue weighted by molar-refractivity contribution is -0.385. The maximum absolute atomic E-state index is 12.8. The maximum Gasteiger partial charge on any atom is 0.325 e. The van der Waals surface area contributed by atoms with Crippen LogP contribution in [0.2, 0.25) is 5.02 Å². The monoisotopic (exact) mass is 402 g/mol. The number of hydrogen-bond acceptors (Lipinski definition) is 5. The van der Waals surface area contributed by atoms with E-state index in [1.165, 1.54) is 37.3 Å². The minimum absolute atomic E-state index is 0.210. The molecule has 0 bridgehead atoms. The third-order valence-electron chi connectivity index (χ3n) is 4.32. The first kappa shape index (κ1) is 19.3. The van der Waals surface area contributed by atoms with Crippen molar-refractivity contribution in [1.29, 1.82) is 0 Å². The van der Waals surface area contributed by atoms with E-state index in [2.05, 4.69) is 10.6 Å². The van der Waals surface area contributed by atoms with Crippen molar-refractivity contribution in [3.05, 3.63) is 69.2 Å². The zero-order valence-electron chi connectivity index (χ0n) is 14.6. The lowest BCUT2D eigenvalue weighted by Crippen LogP contribution is -2.42. The van der Waals surface area contributed by atoms with Crippen LogP contribution in [0.4, 0.5) is 16.2 Å². The molecule has 0 aromatic heterocycles. The molecule has 1 atom stereocenters. The second-order valence-electron chi connectivity index (χ2n) is 6.31. The number of carbonyl (C=O) groups is 3. The van der Waals surface area contributed by atoms with Crippen molar-refractivity contribution in [1.82, 2.24) is 10.2 Å². The van der Waals surface area contributed by atoms with Gasteiger partial charge in [-0.3, -0.25) is 24.6 Å². The second kappa shape index (κ2) is 7.28. The van der Waals surface area contributed by atoms with Crippen LogP contribution in [0.15, 0.2) is 48.5 Å². The highest BCUT2D eigenvalue weighted by Crippen LogP contribution is 2.30. The number of carbonyl (C=O) groups excluding carboxylic acids is 3. The average molecular weight is 403 g/mol. The number of hydrogen-bond donors (Lipinski definition) is 2. The summed E-state index contributed by atoms with van der Waals surface area (Å²) < 4.78 is 0. The van der Waals surface area contributed by atoms with Crippen LogP contribution >= 0.6 is 11.6 Å². The predicted octanol–water partition coefficient (Wildman–Crippen LogP) is 2.65. The summed E-state index contributed by atoms with van der Waals surface area (Å²) in [6.07, 6.45) is 0. The van der Waals surface area contributed by atoms with Crippen molar-refractivity contribution < 1.29 is 19.3 Å². The molecule has 2 N–H and O–H groups in total. The summed E-state index contributed by atoms with van der Waals surface area (Å²) >= 11 is 5.86. The van der Waals surface area contributed by atoms with Crippen LogP contribution in [0, 0.1) is 10.1 Å². The maximum atomic E-state index is 12.8. The van der Waals surface area contributed by atoms with E-state index in [4.69, 9.17) is 11.6 Å². The van der Waals surface area contributed by atoms with Crippen LogP contribution in [-0.2, 0) is 15.1 Å². The van der Waals surface area contributed by atoms with E-state index in [1.54, 1.807) is 18.2 Å². The number of non-ortho nitro benzene ring substituents is 1. The average Bonchev–Trinajstić information content (AvgIpc) is 2.86. The SMILES string of the molecule is CC1(c2cccc([N+](=O)[O-])c2)NC(=O)N(CC(=O)Nc2cccc(Cl)c2)C1=O. The Hall–Kier alpha value is -3.46. The third kappa shape index (κ3) is 3.65. The number of halogens is 1. The number of nitro groups is 1. The quantitative estimate of drug-likeness (QED) is 0.452. The molecule has 10 heteroatoms. The van der Waals surface area contributed by atoms with Crippen LogP contribution in [0.25, 0.3) is 0 Å². The molecule has 1 heterocycles. The van der Waals surface area contributed by atoms with E-state index in [1.807, 2.05) is 0 Å². The van der Waals surface area contributed by atoms with Gasteiger partial charge in [-0.05, 0) is 30.7 Å². The summed E-state index contributed by atoms with van der Waals surface area (Å²) in [7, 11) is 0. The fourth-order valence-corrected chi connectivity index (χ4v) is 3.07. The van der Waals surface area contributed by atoms with Gasteiger partial charge in [0.05, 0.1) is 4.92 Å². The number of rotatable bonds is 5. The summed E-state index contributed by atoms with van der Waals surface area (Å²) in [5.74, 6) is -1.27. The number of nitro benzene ring substituents is 1. The lowest BCUT2D eigenvalue weighted by Gasteiger charge is -2.22. The molecule has 144 valence electrons. The summed E-state index contributed by atoms with van der Waals surface area (Å²) in [5, 5.41) is 16.5. The second-order valence-corrected chi connectivity index (χ2v) is 6.75. The van der Waals surface area contributed by atoms with Crippen LogP contribution in [0.5, 0.6) is 0 Å². The minimum Gasteiger partial charge on any atom is -0.324 e. The zero-order chi connectivity index (χ0) is 20.5. The van der Waals surface area contributed by atoms with E-state index in [0.29, 0.717) is 10.7 Å². The molecule has 1 aliphatic rings. The molecule has 0 spiro atoms. The van der Waals surface area contributed by atoms with E-state index in [0.717, 1.165) is 4.90 Å². The first-order valence-corrected chi connectivity index (χ1v) is 8.53. The van der Waals surface area contributed by atoms with Crippen molar-refractivity contribution in [2.75, 3.05) is 11.9 Å². The van der Waals surface area contributed by atoms with Gasteiger partial charge in [-0.15, -0.1) is 0 Å². The van der Waals surface area contributed by atoms with Gasteiger partial charge in [0.2, 0.25) is 5.91 Å². The standard InChI is InChI=1S/C18H15ClN4O5/c1-18(11-4-2-7-14(8-11)23(27)28)16(25)22(17(26)21-18)10-15(24)20-13-6-3-5-12(19)9-13/h2-9H,10H2,1H3,(H,20,24)(H,21,26). The molecule has 0 radical (unpaired) electrons. The smallest absolute Gasteiger partial charge is 0.324 e. The van der Waals surface area contributed by atoms with E-state index in [9.17, 15) is 24.5 Å². The van der Waals surface area contributed by atoms with Gasteiger partial charge in [0.1, 0.15) is 12.1 Å². The fourth-order valence-electron chi connectivity index (χ4n) is 2.88. The predicted molar refractivity (Wildman–Crippen MR) is 101 cm³/mol. The number of imide groups is 1. The Labute approximate surface area is 164 Å². The Kier molecular flexibility index (Phi) is 5.02. The fraction of sp³-hybridized carbons (Fsp3) is 0.167. The van der Waals surface area contributed by atoms with Gasteiger partial charge in [-0.2, -0.15) is 0 Å². The van der Waals surface area contributed by atoms with Crippen LogP contribution in [0.1, 0.15) is 12.5 Å². The summed E-state index contributed by atoms with van der Waals surface area (Å²) in [5.41, 5.74) is -1.05. The van der Waals surface area contributed by atoms with Gasteiger partial charge >= 0.3 is 6.03 Å². The summed E-state index contributed by atoms with van der Waals surface area (Å²) in [6, 6.07) is 11.1. The van der Waals surface area contributed by atoms with Crippen molar-refractivity contribution in [3.63, 3.8) is 0 Å². The first-order valence-electron chi connectivity index (χ1n) is 8.15. The van der Waals surface area contributed by atoms with Gasteiger partial charge < -0.3 is 10.6 Å². The van der Waals surface area contributed by atoms with E-state index in [-0.39, 0.29) is 11.3 Å². The number of benzene rings is 2. The molecule has 1 fully saturated rings. The van der Waals surface area contributed by atoms with Gasteiger partial charge in [-0.1, -0.05) is 29.8 Å². The molecule has 3 rings (SSSR count). The van der Waals surface area contributed by atoms with Gasteiger partial charge in [-0.25, -0.2) is 4.79 Å². The minimum atomic E-state index is -1.51. The lowest BCUT2D eigenvalue weighted by atomic mass is 9.91. The van der Waals surface area contributed by atoms with E-state index >= 15 is 0 Å². The zero-order valence-corrected chi connectivity index (χ0v) is 15.4. The molecule has 2 aromatic rings. The molecular weight excluding hydrogens is 388 g/mol. The first-order chi connectivity index (χ1) is 13.2. The Morgan fingerprint density at radius 3 is 2.64 bits per heavy atom. The molecule has 0 aliphatic carbocycles. The molecule has 0 saturated carbocycles. The molecule has 28 heavy (non-hydrogen) atoms. The number of nitrogens with zero attached hydrogens (tertiary/aromatic N) is 2. The Morgan fingerprint density at radius 2 is 1.96 bits per heavy atom. The van der Waals surface area contributed by atoms with Crippen molar-refractivity contribution in [3.8, 4) is 0 Å². The van der Waals surface area contributed by atoms with Gasteiger partial charge in [0.25, 0.3) is 11.6 Å². The van der Waals surface area contributed by atoms with Crippen LogP contribution < -0.4 is 10.6 Å². The molecule has 1 saturated heterocycles. The number of urea groups is 1. The largest absolute Gasteiger partial charge is 0.325 e. The van der Waals surface area contributed by atoms with E-state index < -0.39 is 34.9 Å². The van der Waals surface area contributed by atoms with Gasteiger partial charge in [0.15, 0.2) is 0 Å². The Balaban J connectivity index is 1.78. The van der Waals surface area contributed by atoms with Crippen LogP contribution in [0.3, 0.4) is 0 Å². The van der Waals surface area contributed by atoms with Crippen molar-refractivity contribution in [2.24, 2.45) is 0 Å². The molecule has 1 unspecified atom stereocenters. The highest BCUT2D eigenvalue weighted by molar-refractivity contribution is 6.30. The van der Waals surface area contributed by atoms with Crippen molar-refractivity contribution >= 4 is 40.8 Å². The van der Waals surface area contributed by atoms with Gasteiger partial charge in [0, 0.05) is 22.8 Å².